The standard InChI is InChI=1S/C19H21F3N6O/c20-19(21,22)29-15-5-1-3-13(9-15)16-10-24-18-7-6-17(26-28(16)18)25-12-27-8-2-4-14(23)11-27/h1,3,5-7,9-10,14H,2,4,8,11-12,23H2,(H,25,26)/t14-/m0/s1. The van der Waals surface area contributed by atoms with E-state index in [-0.39, 0.29) is 11.8 Å². The number of benzene rings is 1. The summed E-state index contributed by atoms with van der Waals surface area (Å²) in [5.41, 5.74) is 7.69. The number of rotatable bonds is 5. The molecule has 0 aliphatic carbocycles. The maximum Gasteiger partial charge on any atom is 0.573 e. The molecule has 3 heterocycles. The van der Waals surface area contributed by atoms with Crippen LogP contribution in [0.5, 0.6) is 5.75 Å². The Labute approximate surface area is 165 Å². The number of likely N-dealkylation sites (tertiary alicyclic amines) is 1. The molecule has 154 valence electrons. The minimum absolute atomic E-state index is 0.187. The second-order valence-corrected chi connectivity index (χ2v) is 7.02. The van der Waals surface area contributed by atoms with E-state index >= 15 is 0 Å². The van der Waals surface area contributed by atoms with E-state index < -0.39 is 6.36 Å². The van der Waals surface area contributed by atoms with E-state index in [1.54, 1.807) is 22.8 Å². The average molecular weight is 406 g/mol. The van der Waals surface area contributed by atoms with E-state index in [1.165, 1.54) is 18.2 Å². The first-order valence-electron chi connectivity index (χ1n) is 9.30. The summed E-state index contributed by atoms with van der Waals surface area (Å²) in [6, 6.07) is 9.56. The number of imidazole rings is 1. The van der Waals surface area contributed by atoms with Gasteiger partial charge >= 0.3 is 6.36 Å². The number of alkyl halides is 3. The Morgan fingerprint density at radius 2 is 2.10 bits per heavy atom. The molecule has 0 amide bonds. The van der Waals surface area contributed by atoms with Gasteiger partial charge in [0.05, 0.1) is 18.6 Å². The summed E-state index contributed by atoms with van der Waals surface area (Å²) in [4.78, 5) is 6.51. The molecule has 0 radical (unpaired) electrons. The summed E-state index contributed by atoms with van der Waals surface area (Å²) in [6.45, 7) is 2.42. The number of nitrogens with zero attached hydrogens (tertiary/aromatic N) is 4. The minimum atomic E-state index is -4.75. The van der Waals surface area contributed by atoms with Gasteiger partial charge in [-0.25, -0.2) is 9.50 Å². The molecule has 1 aliphatic rings. The number of fused-ring (bicyclic) bond motifs is 1. The highest BCUT2D eigenvalue weighted by Gasteiger charge is 2.31. The predicted molar refractivity (Wildman–Crippen MR) is 102 cm³/mol. The highest BCUT2D eigenvalue weighted by Crippen LogP contribution is 2.28. The van der Waals surface area contributed by atoms with Crippen LogP contribution in [0.15, 0.2) is 42.6 Å². The molecule has 2 aromatic heterocycles. The molecule has 3 aromatic rings. The highest BCUT2D eigenvalue weighted by molar-refractivity contribution is 5.65. The first-order chi connectivity index (χ1) is 13.9. The van der Waals surface area contributed by atoms with Crippen molar-refractivity contribution in [2.75, 3.05) is 25.1 Å². The van der Waals surface area contributed by atoms with Crippen LogP contribution in [0.2, 0.25) is 0 Å². The second kappa shape index (κ2) is 7.88. The van der Waals surface area contributed by atoms with Crippen molar-refractivity contribution < 1.29 is 17.9 Å². The third-order valence-electron chi connectivity index (χ3n) is 4.75. The third kappa shape index (κ3) is 4.77. The van der Waals surface area contributed by atoms with Crippen molar-refractivity contribution in [2.24, 2.45) is 5.73 Å². The van der Waals surface area contributed by atoms with Crippen LogP contribution in [0.3, 0.4) is 0 Å². The lowest BCUT2D eigenvalue weighted by Gasteiger charge is -2.30. The second-order valence-electron chi connectivity index (χ2n) is 7.02. The van der Waals surface area contributed by atoms with Crippen LogP contribution in [-0.4, -0.2) is 51.7 Å². The van der Waals surface area contributed by atoms with Gasteiger partial charge in [0.15, 0.2) is 5.65 Å². The molecule has 29 heavy (non-hydrogen) atoms. The molecule has 1 saturated heterocycles. The van der Waals surface area contributed by atoms with Gasteiger partial charge in [0.25, 0.3) is 0 Å². The average Bonchev–Trinajstić information content (AvgIpc) is 3.08. The third-order valence-corrected chi connectivity index (χ3v) is 4.75. The fourth-order valence-electron chi connectivity index (χ4n) is 3.44. The van der Waals surface area contributed by atoms with Crippen LogP contribution in [0, 0.1) is 0 Å². The maximum absolute atomic E-state index is 12.5. The number of ether oxygens (including phenoxy) is 1. The van der Waals surface area contributed by atoms with Crippen LogP contribution in [0.25, 0.3) is 16.9 Å². The Balaban J connectivity index is 1.55. The van der Waals surface area contributed by atoms with Gasteiger partial charge in [-0.1, -0.05) is 12.1 Å². The zero-order valence-electron chi connectivity index (χ0n) is 15.6. The lowest BCUT2D eigenvalue weighted by atomic mass is 10.1. The monoisotopic (exact) mass is 406 g/mol. The number of halogens is 3. The first kappa shape index (κ1) is 19.5. The van der Waals surface area contributed by atoms with Crippen molar-refractivity contribution in [1.29, 1.82) is 0 Å². The molecule has 1 atom stereocenters. The van der Waals surface area contributed by atoms with Gasteiger partial charge in [-0.2, -0.15) is 0 Å². The van der Waals surface area contributed by atoms with Crippen molar-refractivity contribution in [3.63, 3.8) is 0 Å². The molecule has 0 saturated carbocycles. The van der Waals surface area contributed by atoms with E-state index in [9.17, 15) is 13.2 Å². The van der Waals surface area contributed by atoms with Crippen LogP contribution in [0.4, 0.5) is 19.0 Å². The molecule has 0 bridgehead atoms. The minimum Gasteiger partial charge on any atom is -0.406 e. The normalized spacial score (nSPS) is 18.1. The SMILES string of the molecule is N[C@H]1CCCN(CNc2ccc3ncc(-c4cccc(OC(F)(F)F)c4)n3n2)C1. The summed E-state index contributed by atoms with van der Waals surface area (Å²) >= 11 is 0. The Kier molecular flexibility index (Phi) is 5.29. The number of hydrogen-bond acceptors (Lipinski definition) is 6. The van der Waals surface area contributed by atoms with Gasteiger partial charge in [-0.05, 0) is 43.7 Å². The molecule has 10 heteroatoms. The van der Waals surface area contributed by atoms with Gasteiger partial charge in [-0.15, -0.1) is 18.3 Å². The summed E-state index contributed by atoms with van der Waals surface area (Å²) in [7, 11) is 0. The smallest absolute Gasteiger partial charge is 0.406 e. The number of aromatic nitrogens is 3. The number of nitrogens with two attached hydrogens (primary N) is 1. The topological polar surface area (TPSA) is 80.7 Å². The van der Waals surface area contributed by atoms with E-state index in [0.717, 1.165) is 25.9 Å². The van der Waals surface area contributed by atoms with Crippen LogP contribution in [0.1, 0.15) is 12.8 Å². The van der Waals surface area contributed by atoms with Gasteiger partial charge in [-0.3, -0.25) is 4.90 Å². The lowest BCUT2D eigenvalue weighted by Crippen LogP contribution is -2.44. The zero-order chi connectivity index (χ0) is 20.4. The quantitative estimate of drug-likeness (QED) is 0.678. The Hall–Kier alpha value is -2.85. The molecule has 7 nitrogen and oxygen atoms in total. The summed E-state index contributed by atoms with van der Waals surface area (Å²) < 4.78 is 43.1. The van der Waals surface area contributed by atoms with E-state index in [4.69, 9.17) is 5.73 Å². The van der Waals surface area contributed by atoms with Gasteiger partial charge in [0, 0.05) is 18.2 Å². The summed E-state index contributed by atoms with van der Waals surface area (Å²) in [5, 5.41) is 7.82. The molecule has 1 fully saturated rings. The maximum atomic E-state index is 12.5. The van der Waals surface area contributed by atoms with Crippen LogP contribution in [-0.2, 0) is 0 Å². The Morgan fingerprint density at radius 3 is 2.90 bits per heavy atom. The van der Waals surface area contributed by atoms with Crippen molar-refractivity contribution >= 4 is 11.5 Å². The Bertz CT molecular complexity index is 989. The molecule has 0 unspecified atom stereocenters. The van der Waals surface area contributed by atoms with Gasteiger partial charge in [0.1, 0.15) is 11.6 Å². The van der Waals surface area contributed by atoms with E-state index in [2.05, 4.69) is 25.0 Å². The fourth-order valence-corrected chi connectivity index (χ4v) is 3.44. The number of piperidine rings is 1. The summed E-state index contributed by atoms with van der Waals surface area (Å²) in [6.07, 6.45) is -1.07. The molecular weight excluding hydrogens is 385 g/mol. The molecular formula is C19H21F3N6O. The van der Waals surface area contributed by atoms with Crippen LogP contribution < -0.4 is 15.8 Å². The lowest BCUT2D eigenvalue weighted by molar-refractivity contribution is -0.274. The zero-order valence-corrected chi connectivity index (χ0v) is 15.6. The molecule has 1 aromatic carbocycles. The molecule has 1 aliphatic heterocycles. The highest BCUT2D eigenvalue weighted by atomic mass is 19.4. The largest absolute Gasteiger partial charge is 0.573 e. The molecule has 0 spiro atoms. The van der Waals surface area contributed by atoms with Gasteiger partial charge in [0.2, 0.25) is 0 Å². The predicted octanol–water partition coefficient (Wildman–Crippen LogP) is 3.09. The molecule has 4 rings (SSSR count). The fraction of sp³-hybridized carbons (Fsp3) is 0.368. The number of hydrogen-bond donors (Lipinski definition) is 2. The number of nitrogens with one attached hydrogen (secondary N) is 1. The van der Waals surface area contributed by atoms with Crippen molar-refractivity contribution in [2.45, 2.75) is 25.2 Å². The van der Waals surface area contributed by atoms with Crippen LogP contribution >= 0.6 is 0 Å². The first-order valence-corrected chi connectivity index (χ1v) is 9.30. The van der Waals surface area contributed by atoms with Gasteiger partial charge < -0.3 is 15.8 Å². The van der Waals surface area contributed by atoms with E-state index in [1.807, 2.05) is 6.07 Å². The van der Waals surface area contributed by atoms with E-state index in [0.29, 0.717) is 29.4 Å². The molecule has 3 N–H and O–H groups in total. The number of anilines is 1. The van der Waals surface area contributed by atoms with Crippen molar-refractivity contribution in [3.8, 4) is 17.0 Å². The summed E-state index contributed by atoms with van der Waals surface area (Å²) in [5.74, 6) is 0.347. The Morgan fingerprint density at radius 1 is 1.24 bits per heavy atom. The van der Waals surface area contributed by atoms with Crippen molar-refractivity contribution in [1.82, 2.24) is 19.5 Å². The van der Waals surface area contributed by atoms with Crippen molar-refractivity contribution in [3.05, 3.63) is 42.6 Å².